The van der Waals surface area contributed by atoms with E-state index in [2.05, 4.69) is 159 Å². The number of benzene rings is 7. The maximum atomic E-state index is 4.83. The van der Waals surface area contributed by atoms with E-state index in [-0.39, 0.29) is 0 Å². The summed E-state index contributed by atoms with van der Waals surface area (Å²) >= 11 is 0. The van der Waals surface area contributed by atoms with Gasteiger partial charge in [0.15, 0.2) is 0 Å². The second kappa shape index (κ2) is 9.03. The zero-order valence-corrected chi connectivity index (χ0v) is 26.3. The lowest BCUT2D eigenvalue weighted by atomic mass is 10.0. The van der Waals surface area contributed by atoms with Gasteiger partial charge in [0, 0.05) is 60.7 Å². The number of aromatic nitrogens is 4. The van der Waals surface area contributed by atoms with Gasteiger partial charge in [-0.2, -0.15) is 0 Å². The fourth-order valence-electron chi connectivity index (χ4n) is 8.77. The summed E-state index contributed by atoms with van der Waals surface area (Å²) in [5.41, 5.74) is 10.6. The average molecular weight is 623 g/mol. The molecule has 0 unspecified atom stereocenters. The molecule has 226 valence electrons. The van der Waals surface area contributed by atoms with Gasteiger partial charge in [-0.15, -0.1) is 0 Å². The third kappa shape index (κ3) is 3.16. The summed E-state index contributed by atoms with van der Waals surface area (Å²) in [6.45, 7) is 0. The lowest BCUT2D eigenvalue weighted by molar-refractivity contribution is 1.12. The number of nitrogens with zero attached hydrogens (tertiary/aromatic N) is 4. The summed E-state index contributed by atoms with van der Waals surface area (Å²) in [6, 6.07) is 55.5. The van der Waals surface area contributed by atoms with Crippen molar-refractivity contribution in [3.05, 3.63) is 158 Å². The van der Waals surface area contributed by atoms with E-state index in [9.17, 15) is 0 Å². The molecular weight excluding hydrogens is 597 g/mol. The lowest BCUT2D eigenvalue weighted by Gasteiger charge is -2.12. The molecule has 4 heteroatoms. The summed E-state index contributed by atoms with van der Waals surface area (Å²) in [6.07, 6.45) is 1.88. The van der Waals surface area contributed by atoms with Crippen LogP contribution in [-0.2, 0) is 0 Å². The predicted molar refractivity (Wildman–Crippen MR) is 205 cm³/mol. The Labute approximate surface area is 279 Å². The van der Waals surface area contributed by atoms with Gasteiger partial charge in [-0.1, -0.05) is 78.9 Å². The molecule has 12 aromatic rings. The highest BCUT2D eigenvalue weighted by atomic mass is 15.0. The highest BCUT2D eigenvalue weighted by Crippen LogP contribution is 2.47. The maximum Gasteiger partial charge on any atom is 0.145 e. The van der Waals surface area contributed by atoms with Crippen LogP contribution >= 0.6 is 0 Å². The Bertz CT molecular complexity index is 3270. The Kier molecular flexibility index (Phi) is 4.69. The molecule has 49 heavy (non-hydrogen) atoms. The third-order valence-corrected chi connectivity index (χ3v) is 10.8. The van der Waals surface area contributed by atoms with Crippen molar-refractivity contribution in [1.29, 1.82) is 0 Å². The SMILES string of the molecule is c1ccc2cc3c(cc2c1)c1cc2c4ccccc4n4c5ccccc5c(c1n3-c1ccc(-n3c5ccccc5c5cccnc53)cc1)c24. The van der Waals surface area contributed by atoms with Gasteiger partial charge in [0.2, 0.25) is 0 Å². The van der Waals surface area contributed by atoms with Crippen molar-refractivity contribution in [2.45, 2.75) is 0 Å². The minimum absolute atomic E-state index is 0.972. The molecule has 4 nitrogen and oxygen atoms in total. The lowest BCUT2D eigenvalue weighted by Crippen LogP contribution is -1.98. The van der Waals surface area contributed by atoms with E-state index in [1.54, 1.807) is 0 Å². The van der Waals surface area contributed by atoms with E-state index >= 15 is 0 Å². The topological polar surface area (TPSA) is 27.2 Å². The molecule has 0 aliphatic carbocycles. The average Bonchev–Trinajstić information content (AvgIpc) is 3.88. The maximum absolute atomic E-state index is 4.83. The van der Waals surface area contributed by atoms with Crippen LogP contribution in [0.4, 0.5) is 0 Å². The second-order valence-electron chi connectivity index (χ2n) is 13.2. The zero-order valence-electron chi connectivity index (χ0n) is 26.3. The molecule has 7 aromatic carbocycles. The van der Waals surface area contributed by atoms with Gasteiger partial charge in [-0.25, -0.2) is 4.98 Å². The molecule has 0 aliphatic rings. The van der Waals surface area contributed by atoms with Crippen LogP contribution in [-0.4, -0.2) is 18.5 Å². The fourth-order valence-corrected chi connectivity index (χ4v) is 8.77. The van der Waals surface area contributed by atoms with Crippen molar-refractivity contribution >= 4 is 92.6 Å². The molecular formula is C45H26N4. The van der Waals surface area contributed by atoms with Gasteiger partial charge < -0.3 is 8.97 Å². The number of hydrogen-bond donors (Lipinski definition) is 0. The van der Waals surface area contributed by atoms with E-state index in [4.69, 9.17) is 4.98 Å². The van der Waals surface area contributed by atoms with Crippen LogP contribution in [0.15, 0.2) is 158 Å². The fraction of sp³-hybridized carbons (Fsp3) is 0. The number of rotatable bonds is 2. The molecule has 0 bridgehead atoms. The van der Waals surface area contributed by atoms with E-state index in [1.807, 2.05) is 12.3 Å². The summed E-state index contributed by atoms with van der Waals surface area (Å²) < 4.78 is 7.27. The van der Waals surface area contributed by atoms with E-state index in [0.29, 0.717) is 0 Å². The van der Waals surface area contributed by atoms with Crippen LogP contribution in [0.1, 0.15) is 0 Å². The van der Waals surface area contributed by atoms with Crippen LogP contribution < -0.4 is 0 Å². The summed E-state index contributed by atoms with van der Waals surface area (Å²) in [5, 5.41) is 12.6. The summed E-state index contributed by atoms with van der Waals surface area (Å²) in [7, 11) is 0. The number of hydrogen-bond acceptors (Lipinski definition) is 1. The highest BCUT2D eigenvalue weighted by Gasteiger charge is 2.24. The van der Waals surface area contributed by atoms with Gasteiger partial charge in [-0.3, -0.25) is 4.57 Å². The Balaban J connectivity index is 1.23. The Morgan fingerprint density at radius 2 is 0.939 bits per heavy atom. The quantitative estimate of drug-likeness (QED) is 0.188. The first-order valence-corrected chi connectivity index (χ1v) is 16.8. The van der Waals surface area contributed by atoms with Crippen molar-refractivity contribution in [1.82, 2.24) is 18.5 Å². The summed E-state index contributed by atoms with van der Waals surface area (Å²) in [4.78, 5) is 4.83. The molecule has 0 saturated carbocycles. The molecule has 0 spiro atoms. The van der Waals surface area contributed by atoms with Crippen molar-refractivity contribution < 1.29 is 0 Å². The molecule has 0 radical (unpaired) electrons. The Morgan fingerprint density at radius 1 is 0.367 bits per heavy atom. The first-order valence-electron chi connectivity index (χ1n) is 16.8. The molecule has 0 atom stereocenters. The molecule has 5 aromatic heterocycles. The van der Waals surface area contributed by atoms with Crippen molar-refractivity contribution in [3.63, 3.8) is 0 Å². The molecule has 0 saturated heterocycles. The van der Waals surface area contributed by atoms with Gasteiger partial charge in [0.25, 0.3) is 0 Å². The molecule has 5 heterocycles. The molecule has 0 amide bonds. The molecule has 0 N–H and O–H groups in total. The van der Waals surface area contributed by atoms with Crippen molar-refractivity contribution in [2.24, 2.45) is 0 Å². The van der Waals surface area contributed by atoms with Crippen LogP contribution in [0.5, 0.6) is 0 Å². The smallest absolute Gasteiger partial charge is 0.145 e. The Morgan fingerprint density at radius 3 is 1.71 bits per heavy atom. The normalized spacial score (nSPS) is 12.5. The van der Waals surface area contributed by atoms with E-state index in [1.165, 1.54) is 76.1 Å². The van der Waals surface area contributed by atoms with Crippen molar-refractivity contribution in [2.75, 3.05) is 0 Å². The number of pyridine rings is 1. The van der Waals surface area contributed by atoms with Crippen LogP contribution in [0, 0.1) is 0 Å². The van der Waals surface area contributed by atoms with Crippen LogP contribution in [0.2, 0.25) is 0 Å². The minimum Gasteiger partial charge on any atom is -0.309 e. The van der Waals surface area contributed by atoms with Gasteiger partial charge in [0.05, 0.1) is 33.1 Å². The van der Waals surface area contributed by atoms with Crippen LogP contribution in [0.3, 0.4) is 0 Å². The van der Waals surface area contributed by atoms with Gasteiger partial charge >= 0.3 is 0 Å². The first-order chi connectivity index (χ1) is 24.3. The monoisotopic (exact) mass is 622 g/mol. The molecule has 12 rings (SSSR count). The third-order valence-electron chi connectivity index (χ3n) is 10.8. The summed E-state index contributed by atoms with van der Waals surface area (Å²) in [5.74, 6) is 0. The standard InChI is InChI=1S/C45H26N4/c1-2-11-28-25-41-35(24-27(28)10-1)37-26-36-32-13-4-7-17-39(32)49-40-18-8-5-14-34(40)42(44(36)49)43(37)47(41)29-19-21-30(22-20-29)48-38-16-6-3-12-31(38)33-15-9-23-46-45(33)48/h1-26H. The van der Waals surface area contributed by atoms with Gasteiger partial charge in [-0.05, 0) is 83.6 Å². The molecule has 0 fully saturated rings. The number of para-hydroxylation sites is 3. The largest absolute Gasteiger partial charge is 0.309 e. The van der Waals surface area contributed by atoms with Crippen molar-refractivity contribution in [3.8, 4) is 11.4 Å². The van der Waals surface area contributed by atoms with Crippen LogP contribution in [0.25, 0.3) is 104 Å². The van der Waals surface area contributed by atoms with E-state index in [0.717, 1.165) is 27.9 Å². The predicted octanol–water partition coefficient (Wildman–Crippen LogP) is 11.6. The molecule has 0 aliphatic heterocycles. The minimum atomic E-state index is 0.972. The number of fused-ring (bicyclic) bond motifs is 14. The van der Waals surface area contributed by atoms with Gasteiger partial charge in [0.1, 0.15) is 5.65 Å². The van der Waals surface area contributed by atoms with E-state index < -0.39 is 0 Å². The Hall–Kier alpha value is -6.65. The first kappa shape index (κ1) is 25.4. The highest BCUT2D eigenvalue weighted by molar-refractivity contribution is 6.34. The second-order valence-corrected chi connectivity index (χ2v) is 13.2. The zero-order chi connectivity index (χ0) is 31.8.